The highest BCUT2D eigenvalue weighted by molar-refractivity contribution is 5.84. The number of ether oxygens (including phenoxy) is 2. The monoisotopic (exact) mass is 290 g/mol. The van der Waals surface area contributed by atoms with Crippen LogP contribution in [-0.2, 0) is 15.1 Å². The molecule has 2 rings (SSSR count). The van der Waals surface area contributed by atoms with Gasteiger partial charge < -0.3 is 9.47 Å². The van der Waals surface area contributed by atoms with Gasteiger partial charge >= 0.3 is 5.97 Å². The molecule has 0 aliphatic carbocycles. The van der Waals surface area contributed by atoms with Crippen molar-refractivity contribution in [3.63, 3.8) is 0 Å². The zero-order valence-electron chi connectivity index (χ0n) is 12.1. The van der Waals surface area contributed by atoms with E-state index in [9.17, 15) is 4.79 Å². The first-order valence-electron chi connectivity index (χ1n) is 6.73. The third-order valence-electron chi connectivity index (χ3n) is 3.73. The summed E-state index contributed by atoms with van der Waals surface area (Å²) >= 11 is 0. The number of carbonyl (C=O) groups excluding carboxylic acids is 1. The Kier molecular flexibility index (Phi) is 4.67. The highest BCUT2D eigenvalue weighted by Gasteiger charge is 2.50. The molecule has 7 nitrogen and oxygen atoms in total. The van der Waals surface area contributed by atoms with Crippen molar-refractivity contribution in [3.05, 3.63) is 40.3 Å². The number of nitrogens with one attached hydrogen (secondary N) is 1. The number of hydrogen-bond donors (Lipinski definition) is 1. The number of nitrogens with zero attached hydrogens (tertiary/aromatic N) is 3. The Labute approximate surface area is 122 Å². The van der Waals surface area contributed by atoms with E-state index in [0.717, 1.165) is 5.56 Å². The molecule has 1 aromatic carbocycles. The van der Waals surface area contributed by atoms with Crippen LogP contribution in [0.3, 0.4) is 0 Å². The zero-order chi connectivity index (χ0) is 15.3. The van der Waals surface area contributed by atoms with Crippen LogP contribution < -0.4 is 10.1 Å². The number of para-hydroxylation sites is 1. The molecule has 2 atom stereocenters. The first kappa shape index (κ1) is 15.2. The summed E-state index contributed by atoms with van der Waals surface area (Å²) in [4.78, 5) is 15.2. The van der Waals surface area contributed by atoms with Crippen LogP contribution >= 0.6 is 0 Å². The lowest BCUT2D eigenvalue weighted by Gasteiger charge is -2.41. The smallest absolute Gasteiger partial charge is 0.331 e. The van der Waals surface area contributed by atoms with Gasteiger partial charge in [-0.3, -0.25) is 5.32 Å². The fraction of sp³-hybridized carbons (Fsp3) is 0.500. The quantitative estimate of drug-likeness (QED) is 0.295. The Bertz CT molecular complexity index is 571. The zero-order valence-corrected chi connectivity index (χ0v) is 12.1. The number of hydrogen-bond acceptors (Lipinski definition) is 5. The summed E-state index contributed by atoms with van der Waals surface area (Å²) < 4.78 is 10.7. The molecule has 0 amide bonds. The van der Waals surface area contributed by atoms with Crippen molar-refractivity contribution in [2.45, 2.75) is 12.5 Å². The Balaban J connectivity index is 2.42. The number of methoxy groups -OCH3 is 1. The fourth-order valence-electron chi connectivity index (χ4n) is 2.69. The van der Waals surface area contributed by atoms with Crippen LogP contribution in [0.4, 0.5) is 0 Å². The van der Waals surface area contributed by atoms with Crippen molar-refractivity contribution in [2.75, 3.05) is 26.8 Å². The van der Waals surface area contributed by atoms with E-state index in [1.807, 2.05) is 31.2 Å². The molecule has 0 radical (unpaired) electrons. The van der Waals surface area contributed by atoms with E-state index in [1.165, 1.54) is 7.11 Å². The molecule has 2 unspecified atom stereocenters. The summed E-state index contributed by atoms with van der Waals surface area (Å²) in [7, 11) is 1.37. The van der Waals surface area contributed by atoms with E-state index in [1.54, 1.807) is 0 Å². The molecule has 7 heteroatoms. The van der Waals surface area contributed by atoms with Crippen molar-refractivity contribution in [1.82, 2.24) is 5.32 Å². The van der Waals surface area contributed by atoms with Gasteiger partial charge in [0.2, 0.25) is 0 Å². The topological polar surface area (TPSA) is 96.3 Å². The van der Waals surface area contributed by atoms with E-state index >= 15 is 0 Å². The summed E-state index contributed by atoms with van der Waals surface area (Å²) in [6, 6.07) is 7.39. The molecule has 0 saturated carbocycles. The lowest BCUT2D eigenvalue weighted by molar-refractivity contribution is -0.153. The van der Waals surface area contributed by atoms with Gasteiger partial charge in [0.05, 0.1) is 13.7 Å². The van der Waals surface area contributed by atoms with Crippen LogP contribution in [-0.4, -0.2) is 32.8 Å². The van der Waals surface area contributed by atoms with Crippen LogP contribution in [0.5, 0.6) is 5.75 Å². The molecule has 1 N–H and O–H groups in total. The molecule has 1 heterocycles. The lowest BCUT2D eigenvalue weighted by Crippen LogP contribution is -2.58. The molecule has 1 aromatic rings. The second-order valence-corrected chi connectivity index (χ2v) is 4.89. The average molecular weight is 290 g/mol. The number of benzene rings is 1. The first-order valence-corrected chi connectivity index (χ1v) is 6.73. The van der Waals surface area contributed by atoms with Crippen LogP contribution in [0.2, 0.25) is 0 Å². The third-order valence-corrected chi connectivity index (χ3v) is 3.73. The van der Waals surface area contributed by atoms with Crippen molar-refractivity contribution in [3.8, 4) is 5.75 Å². The Hall–Kier alpha value is -2.24. The Morgan fingerprint density at radius 2 is 2.38 bits per heavy atom. The SMILES string of the molecule is COC(=O)C1(NCCN=[N+]=[N-])c2ccccc2OCC1C. The van der Waals surface area contributed by atoms with Crippen molar-refractivity contribution < 1.29 is 14.3 Å². The molecule has 0 spiro atoms. The maximum absolute atomic E-state index is 12.5. The fourth-order valence-corrected chi connectivity index (χ4v) is 2.69. The van der Waals surface area contributed by atoms with E-state index in [4.69, 9.17) is 15.0 Å². The Morgan fingerprint density at radius 3 is 3.10 bits per heavy atom. The molecule has 1 aliphatic rings. The van der Waals surface area contributed by atoms with E-state index in [0.29, 0.717) is 18.9 Å². The summed E-state index contributed by atoms with van der Waals surface area (Å²) in [6.45, 7) is 2.96. The second kappa shape index (κ2) is 6.47. The third kappa shape index (κ3) is 2.66. The van der Waals surface area contributed by atoms with Crippen LogP contribution in [0.25, 0.3) is 10.4 Å². The minimum atomic E-state index is -0.991. The Morgan fingerprint density at radius 1 is 1.62 bits per heavy atom. The van der Waals surface area contributed by atoms with Gasteiger partial charge in [-0.15, -0.1) is 0 Å². The number of carbonyl (C=O) groups is 1. The predicted molar refractivity (Wildman–Crippen MR) is 76.8 cm³/mol. The average Bonchev–Trinajstić information content (AvgIpc) is 2.52. The lowest BCUT2D eigenvalue weighted by atomic mass is 9.77. The number of esters is 1. The summed E-state index contributed by atoms with van der Waals surface area (Å²) in [6.07, 6.45) is 0. The number of fused-ring (bicyclic) bond motifs is 1. The minimum Gasteiger partial charge on any atom is -0.493 e. The van der Waals surface area contributed by atoms with Crippen LogP contribution in [0.15, 0.2) is 29.4 Å². The normalized spacial score (nSPS) is 23.4. The molecule has 0 saturated heterocycles. The molecule has 21 heavy (non-hydrogen) atoms. The molecule has 0 bridgehead atoms. The number of azide groups is 1. The molecule has 0 fully saturated rings. The highest BCUT2D eigenvalue weighted by Crippen LogP contribution is 2.41. The van der Waals surface area contributed by atoms with Gasteiger partial charge in [-0.1, -0.05) is 30.2 Å². The molecule has 112 valence electrons. The van der Waals surface area contributed by atoms with Crippen LogP contribution in [0.1, 0.15) is 12.5 Å². The van der Waals surface area contributed by atoms with E-state index in [-0.39, 0.29) is 18.4 Å². The van der Waals surface area contributed by atoms with Gasteiger partial charge in [0.15, 0.2) is 5.54 Å². The van der Waals surface area contributed by atoms with Crippen molar-refractivity contribution in [1.29, 1.82) is 0 Å². The van der Waals surface area contributed by atoms with Gasteiger partial charge in [0, 0.05) is 29.5 Å². The van der Waals surface area contributed by atoms with E-state index in [2.05, 4.69) is 15.3 Å². The van der Waals surface area contributed by atoms with Gasteiger partial charge in [-0.05, 0) is 11.6 Å². The van der Waals surface area contributed by atoms with Crippen molar-refractivity contribution >= 4 is 5.97 Å². The maximum atomic E-state index is 12.5. The summed E-state index contributed by atoms with van der Waals surface area (Å²) in [5.74, 6) is 0.176. The van der Waals surface area contributed by atoms with Gasteiger partial charge in [-0.2, -0.15) is 0 Å². The molecular weight excluding hydrogens is 272 g/mol. The highest BCUT2D eigenvalue weighted by atomic mass is 16.5. The maximum Gasteiger partial charge on any atom is 0.331 e. The summed E-state index contributed by atoms with van der Waals surface area (Å²) in [5, 5.41) is 6.70. The van der Waals surface area contributed by atoms with Gasteiger partial charge in [0.1, 0.15) is 5.75 Å². The first-order chi connectivity index (χ1) is 10.2. The van der Waals surface area contributed by atoms with Crippen molar-refractivity contribution in [2.24, 2.45) is 11.0 Å². The molecule has 1 aliphatic heterocycles. The second-order valence-electron chi connectivity index (χ2n) is 4.89. The minimum absolute atomic E-state index is 0.120. The largest absolute Gasteiger partial charge is 0.493 e. The predicted octanol–water partition coefficient (Wildman–Crippen LogP) is 1.98. The molecular formula is C14H18N4O3. The number of rotatable bonds is 5. The summed E-state index contributed by atoms with van der Waals surface area (Å²) in [5.41, 5.74) is 8.11. The van der Waals surface area contributed by atoms with Gasteiger partial charge in [0.25, 0.3) is 0 Å². The van der Waals surface area contributed by atoms with Crippen LogP contribution in [0, 0.1) is 5.92 Å². The van der Waals surface area contributed by atoms with Gasteiger partial charge in [-0.25, -0.2) is 4.79 Å². The standard InChI is InChI=1S/C14H18N4O3/c1-10-9-21-12-6-4-3-5-11(12)14(10,13(19)20-2)16-7-8-17-18-15/h3-6,10,16H,7-9H2,1-2H3. The van der Waals surface area contributed by atoms with E-state index < -0.39 is 5.54 Å². The molecule has 0 aromatic heterocycles.